The van der Waals surface area contributed by atoms with Crippen molar-refractivity contribution in [3.05, 3.63) is 98.4 Å². The fourth-order valence-corrected chi connectivity index (χ4v) is 7.68. The number of carbonyl (C=O) groups excluding carboxylic acids is 4. The van der Waals surface area contributed by atoms with Crippen LogP contribution in [0, 0.1) is 110 Å². The fourth-order valence-electron chi connectivity index (χ4n) is 7.68. The Morgan fingerprint density at radius 3 is 1.01 bits per heavy atom. The minimum atomic E-state index is -6.11. The lowest BCUT2D eigenvalue weighted by atomic mass is 9.75. The molecule has 436 valence electrons. The predicted octanol–water partition coefficient (Wildman–Crippen LogP) is 12.7. The highest BCUT2D eigenvalue weighted by atomic mass is 19.4. The van der Waals surface area contributed by atoms with E-state index in [1.165, 1.54) is 20.8 Å². The van der Waals surface area contributed by atoms with Gasteiger partial charge >= 0.3 is 36.2 Å². The molecule has 0 aromatic heterocycles. The van der Waals surface area contributed by atoms with E-state index in [-0.39, 0.29) is 26.1 Å². The third kappa shape index (κ3) is 14.4. The van der Waals surface area contributed by atoms with Gasteiger partial charge < -0.3 is 28.4 Å². The number of esters is 4. The molecule has 0 saturated carbocycles. The lowest BCUT2D eigenvalue weighted by molar-refractivity contribution is -0.314. The van der Waals surface area contributed by atoms with Gasteiger partial charge in [-0.1, -0.05) is 27.7 Å². The Bertz CT molecular complexity index is 2660. The molecule has 2 aliphatic rings. The highest BCUT2D eigenvalue weighted by Crippen LogP contribution is 2.44. The predicted molar refractivity (Wildman–Crippen MR) is 217 cm³/mol. The van der Waals surface area contributed by atoms with Gasteiger partial charge in [0.25, 0.3) is 6.10 Å². The van der Waals surface area contributed by atoms with Crippen molar-refractivity contribution in [2.24, 2.45) is 22.7 Å². The average molecular weight is 1160 g/mol. The molecule has 0 spiro atoms. The van der Waals surface area contributed by atoms with E-state index < -0.39 is 219 Å². The summed E-state index contributed by atoms with van der Waals surface area (Å²) < 4.78 is 314. The van der Waals surface area contributed by atoms with E-state index >= 15 is 0 Å². The van der Waals surface area contributed by atoms with Gasteiger partial charge in [0.1, 0.15) is 13.2 Å². The highest BCUT2D eigenvalue weighted by molar-refractivity contribution is 5.80. The van der Waals surface area contributed by atoms with Crippen LogP contribution in [0.4, 0.5) is 92.2 Å². The summed E-state index contributed by atoms with van der Waals surface area (Å²) in [5.74, 6) is -51.2. The van der Waals surface area contributed by atoms with Gasteiger partial charge in [-0.05, 0) is 64.2 Å². The maximum Gasteiger partial charge on any atom is 0.434 e. The second-order valence-corrected chi connectivity index (χ2v) is 18.4. The SMILES string of the molecule is CCC(C)(CC(CC(C)c1c(F)c(F)c(F)c(F)c1F)C(=O)OC(C(F)(F)F)C(F)(F)F)C(=O)OC1CO1.CCC(C)(CC(CC(C)c1c(F)c(F)c(F)c(F)c1F)C(=O)Oc1c(F)c(F)c(F)c(F)c1F)C(=O)OC1CO1. The zero-order valence-corrected chi connectivity index (χ0v) is 40.7. The summed E-state index contributed by atoms with van der Waals surface area (Å²) in [6, 6.07) is 0. The number of carbonyl (C=O) groups is 4. The first kappa shape index (κ1) is 64.5. The van der Waals surface area contributed by atoms with E-state index in [1.807, 2.05) is 0 Å². The number of epoxide rings is 2. The van der Waals surface area contributed by atoms with Crippen LogP contribution in [0.25, 0.3) is 0 Å². The third-order valence-electron chi connectivity index (χ3n) is 12.6. The molecule has 8 atom stereocenters. The van der Waals surface area contributed by atoms with Gasteiger partial charge in [0.05, 0.1) is 22.7 Å². The Hall–Kier alpha value is -6.01. The van der Waals surface area contributed by atoms with Crippen LogP contribution < -0.4 is 4.74 Å². The van der Waals surface area contributed by atoms with Crippen LogP contribution >= 0.6 is 0 Å². The van der Waals surface area contributed by atoms with Crippen LogP contribution in [0.15, 0.2) is 0 Å². The van der Waals surface area contributed by atoms with Crippen LogP contribution in [0.3, 0.4) is 0 Å². The quantitative estimate of drug-likeness (QED) is 0.0205. The normalized spacial score (nSPS) is 18.4. The number of hydrogen-bond acceptors (Lipinski definition) is 10. The first-order valence-electron chi connectivity index (χ1n) is 22.5. The monoisotopic (exact) mass is 1160 g/mol. The lowest BCUT2D eigenvalue weighted by Crippen LogP contribution is -2.47. The number of hydrogen-bond donors (Lipinski definition) is 0. The molecular weight excluding hydrogens is 1120 g/mol. The van der Waals surface area contributed by atoms with Gasteiger partial charge in [0, 0.05) is 11.1 Å². The Morgan fingerprint density at radius 2 is 0.744 bits per heavy atom. The summed E-state index contributed by atoms with van der Waals surface area (Å²) in [5, 5.41) is 0. The van der Waals surface area contributed by atoms with Crippen molar-refractivity contribution < 1.29 is 140 Å². The summed E-state index contributed by atoms with van der Waals surface area (Å²) in [5.41, 5.74) is -6.20. The van der Waals surface area contributed by atoms with Gasteiger partial charge in [0.15, 0.2) is 46.5 Å². The second-order valence-electron chi connectivity index (χ2n) is 18.4. The summed E-state index contributed by atoms with van der Waals surface area (Å²) in [6.45, 7) is 7.06. The van der Waals surface area contributed by atoms with E-state index in [2.05, 4.69) is 9.47 Å². The number of halogens is 21. The standard InChI is InChI=1S/C25H20F10O5.C22H21F11O5/c1-4-25(3,24(37)39-10-7-38-10)6-9(5-8(2)11-12(26)14(28)16(30)15(29)13(11)27)23(36)40-22-20(34)18(32)17(31)19(33)21(22)35;1-4-20(3,19(35)37-10-7-36-10)6-9(17(34)38-18(21(28,29)30)22(31,32)33)5-8(2)11-12(23)14(25)16(27)15(26)13(11)24/h8-10H,4-7H2,1-3H3;8-10,18H,4-7H2,1-3H3. The summed E-state index contributed by atoms with van der Waals surface area (Å²) in [7, 11) is 0. The first-order valence-corrected chi connectivity index (χ1v) is 22.5. The van der Waals surface area contributed by atoms with E-state index in [1.54, 1.807) is 0 Å². The molecule has 2 saturated heterocycles. The summed E-state index contributed by atoms with van der Waals surface area (Å²) in [6.07, 6.45) is -22.4. The molecule has 8 unspecified atom stereocenters. The molecule has 3 aromatic carbocycles. The van der Waals surface area contributed by atoms with Crippen molar-refractivity contribution in [3.8, 4) is 5.75 Å². The summed E-state index contributed by atoms with van der Waals surface area (Å²) >= 11 is 0. The van der Waals surface area contributed by atoms with E-state index in [9.17, 15) is 111 Å². The van der Waals surface area contributed by atoms with Crippen molar-refractivity contribution in [1.29, 1.82) is 0 Å². The molecule has 78 heavy (non-hydrogen) atoms. The Kier molecular flexibility index (Phi) is 20.3. The van der Waals surface area contributed by atoms with E-state index in [0.29, 0.717) is 0 Å². The number of alkyl halides is 6. The molecule has 0 radical (unpaired) electrons. The molecule has 3 aromatic rings. The van der Waals surface area contributed by atoms with Crippen LogP contribution in [0.1, 0.15) is 103 Å². The van der Waals surface area contributed by atoms with Gasteiger partial charge in [-0.15, -0.1) is 0 Å². The fraction of sp³-hybridized carbons (Fsp3) is 0.532. The second kappa shape index (κ2) is 24.6. The molecular formula is C47H41F21O10. The average Bonchev–Trinajstić information content (AvgIpc) is 4.32. The van der Waals surface area contributed by atoms with Crippen molar-refractivity contribution in [1.82, 2.24) is 0 Å². The van der Waals surface area contributed by atoms with Gasteiger partial charge in [0.2, 0.25) is 59.1 Å². The highest BCUT2D eigenvalue weighted by Gasteiger charge is 2.60. The number of rotatable bonds is 20. The molecule has 0 N–H and O–H groups in total. The largest absolute Gasteiger partial charge is 0.443 e. The Balaban J connectivity index is 0.000000337. The Morgan fingerprint density at radius 1 is 0.474 bits per heavy atom. The molecule has 2 aliphatic heterocycles. The molecule has 31 heteroatoms. The van der Waals surface area contributed by atoms with Crippen LogP contribution in [0.5, 0.6) is 5.75 Å². The van der Waals surface area contributed by atoms with Gasteiger partial charge in [-0.2, -0.15) is 35.1 Å². The molecule has 2 heterocycles. The maximum absolute atomic E-state index is 14.4. The van der Waals surface area contributed by atoms with Crippen molar-refractivity contribution in [2.75, 3.05) is 13.2 Å². The van der Waals surface area contributed by atoms with E-state index in [0.717, 1.165) is 20.8 Å². The van der Waals surface area contributed by atoms with Crippen LogP contribution in [0.2, 0.25) is 0 Å². The number of benzene rings is 3. The minimum Gasteiger partial charge on any atom is -0.443 e. The smallest absolute Gasteiger partial charge is 0.434 e. The molecule has 10 nitrogen and oxygen atoms in total. The van der Waals surface area contributed by atoms with E-state index in [4.69, 9.17) is 18.9 Å². The maximum atomic E-state index is 14.4. The van der Waals surface area contributed by atoms with Gasteiger partial charge in [-0.3, -0.25) is 19.2 Å². The molecule has 0 bridgehead atoms. The minimum absolute atomic E-state index is 0.00708. The Labute approximate surface area is 426 Å². The lowest BCUT2D eigenvalue weighted by Gasteiger charge is -2.32. The zero-order chi connectivity index (χ0) is 59.6. The van der Waals surface area contributed by atoms with Crippen LogP contribution in [-0.2, 0) is 42.9 Å². The summed E-state index contributed by atoms with van der Waals surface area (Å²) in [4.78, 5) is 50.9. The van der Waals surface area contributed by atoms with Crippen molar-refractivity contribution in [3.63, 3.8) is 0 Å². The van der Waals surface area contributed by atoms with Crippen molar-refractivity contribution in [2.45, 2.75) is 123 Å². The van der Waals surface area contributed by atoms with Crippen LogP contribution in [-0.4, -0.2) is 68.1 Å². The molecule has 2 fully saturated rings. The number of ether oxygens (including phenoxy) is 6. The third-order valence-corrected chi connectivity index (χ3v) is 12.6. The molecule has 0 amide bonds. The van der Waals surface area contributed by atoms with Crippen molar-refractivity contribution >= 4 is 23.9 Å². The van der Waals surface area contributed by atoms with Gasteiger partial charge in [-0.25, -0.2) is 57.1 Å². The first-order chi connectivity index (χ1) is 35.8. The topological polar surface area (TPSA) is 130 Å². The zero-order valence-electron chi connectivity index (χ0n) is 40.7. The molecule has 0 aliphatic carbocycles. The molecule has 5 rings (SSSR count).